The zero-order valence-corrected chi connectivity index (χ0v) is 19.4. The van der Waals surface area contributed by atoms with E-state index in [-0.39, 0.29) is 23.1 Å². The van der Waals surface area contributed by atoms with Crippen molar-refractivity contribution in [2.24, 2.45) is 0 Å². The third-order valence-electron chi connectivity index (χ3n) is 4.65. The summed E-state index contributed by atoms with van der Waals surface area (Å²) in [6, 6.07) is 19.1. The van der Waals surface area contributed by atoms with Gasteiger partial charge >= 0.3 is 5.56 Å². The summed E-state index contributed by atoms with van der Waals surface area (Å²) in [5, 5.41) is 4.30. The van der Waals surface area contributed by atoms with Crippen LogP contribution in [0.15, 0.2) is 93.3 Å². The van der Waals surface area contributed by atoms with Crippen LogP contribution in [0.3, 0.4) is 0 Å². The fraction of sp³-hybridized carbons (Fsp3) is 0.0870. The molecule has 0 saturated heterocycles. The highest BCUT2D eigenvalue weighted by Crippen LogP contribution is 2.31. The average molecular weight is 512 g/mol. The number of aromatic nitrogens is 3. The summed E-state index contributed by atoms with van der Waals surface area (Å²) in [5.41, 5.74) is 1.31. The highest BCUT2D eigenvalue weighted by molar-refractivity contribution is 9.10. The van der Waals surface area contributed by atoms with Crippen LogP contribution in [-0.2, 0) is 16.4 Å². The number of sulfone groups is 1. The van der Waals surface area contributed by atoms with Crippen molar-refractivity contribution in [1.82, 2.24) is 14.8 Å². The van der Waals surface area contributed by atoms with Crippen molar-refractivity contribution in [1.29, 1.82) is 0 Å². The van der Waals surface area contributed by atoms with Crippen LogP contribution in [-0.4, -0.2) is 29.4 Å². The van der Waals surface area contributed by atoms with Gasteiger partial charge in [0.2, 0.25) is 11.6 Å². The van der Waals surface area contributed by atoms with Crippen molar-refractivity contribution in [2.75, 3.05) is 6.26 Å². The lowest BCUT2D eigenvalue weighted by Gasteiger charge is -2.13. The molecule has 0 unspecified atom stereocenters. The van der Waals surface area contributed by atoms with Gasteiger partial charge in [-0.1, -0.05) is 42.5 Å². The Morgan fingerprint density at radius 2 is 1.78 bits per heavy atom. The maximum atomic E-state index is 13.3. The quantitative estimate of drug-likeness (QED) is 0.383. The Kier molecular flexibility index (Phi) is 6.20. The molecule has 2 aromatic heterocycles. The van der Waals surface area contributed by atoms with Gasteiger partial charge in [0.15, 0.2) is 9.84 Å². The maximum Gasteiger partial charge on any atom is 0.310 e. The van der Waals surface area contributed by atoms with Crippen molar-refractivity contribution >= 4 is 25.8 Å². The van der Waals surface area contributed by atoms with E-state index in [1.165, 1.54) is 23.0 Å². The summed E-state index contributed by atoms with van der Waals surface area (Å²) < 4.78 is 32.0. The van der Waals surface area contributed by atoms with E-state index in [1.54, 1.807) is 30.5 Å². The van der Waals surface area contributed by atoms with E-state index in [9.17, 15) is 13.2 Å². The van der Waals surface area contributed by atoms with Crippen LogP contribution < -0.4 is 10.3 Å². The molecule has 0 spiro atoms. The molecule has 0 radical (unpaired) electrons. The van der Waals surface area contributed by atoms with Gasteiger partial charge in [-0.2, -0.15) is 5.10 Å². The van der Waals surface area contributed by atoms with Gasteiger partial charge in [-0.05, 0) is 45.3 Å². The molecule has 0 amide bonds. The molecule has 0 aliphatic rings. The number of ether oxygens (including phenoxy) is 1. The van der Waals surface area contributed by atoms with E-state index >= 15 is 0 Å². The lowest BCUT2D eigenvalue weighted by molar-refractivity contribution is 0.444. The molecule has 9 heteroatoms. The molecular formula is C23H18BrN3O4S. The minimum Gasteiger partial charge on any atom is -0.432 e. The Morgan fingerprint density at radius 3 is 2.47 bits per heavy atom. The van der Waals surface area contributed by atoms with Crippen LogP contribution in [0, 0.1) is 0 Å². The number of nitrogens with zero attached hydrogens (tertiary/aromatic N) is 3. The summed E-state index contributed by atoms with van der Waals surface area (Å²) in [4.78, 5) is 17.7. The van der Waals surface area contributed by atoms with Crippen molar-refractivity contribution in [3.63, 3.8) is 0 Å². The normalized spacial score (nSPS) is 11.3. The maximum absolute atomic E-state index is 13.3. The predicted molar refractivity (Wildman–Crippen MR) is 125 cm³/mol. The smallest absolute Gasteiger partial charge is 0.310 e. The monoisotopic (exact) mass is 511 g/mol. The summed E-state index contributed by atoms with van der Waals surface area (Å²) in [5.74, 6) is 0.236. The number of halogens is 1. The Morgan fingerprint density at radius 1 is 1.00 bits per heavy atom. The molecule has 4 aromatic rings. The van der Waals surface area contributed by atoms with Gasteiger partial charge in [-0.25, -0.2) is 18.1 Å². The second kappa shape index (κ2) is 9.05. The number of rotatable bonds is 6. The molecule has 0 saturated carbocycles. The van der Waals surface area contributed by atoms with Crippen LogP contribution in [0.2, 0.25) is 0 Å². The SMILES string of the molecule is CS(=O)(=O)c1cccc(-c2cnn(Cc3ccccc3)c(=O)c2Oc2ccc(Br)cn2)c1. The topological polar surface area (TPSA) is 91.2 Å². The van der Waals surface area contributed by atoms with E-state index in [2.05, 4.69) is 26.0 Å². The van der Waals surface area contributed by atoms with Crippen LogP contribution in [0.25, 0.3) is 11.1 Å². The Labute approximate surface area is 193 Å². The third-order valence-corrected chi connectivity index (χ3v) is 6.23. The van der Waals surface area contributed by atoms with E-state index in [4.69, 9.17) is 4.74 Å². The first-order chi connectivity index (χ1) is 15.3. The van der Waals surface area contributed by atoms with Gasteiger partial charge in [0.25, 0.3) is 0 Å². The van der Waals surface area contributed by atoms with Gasteiger partial charge in [0.1, 0.15) is 0 Å². The fourth-order valence-corrected chi connectivity index (χ4v) is 3.97. The molecule has 0 fully saturated rings. The lowest BCUT2D eigenvalue weighted by Crippen LogP contribution is -2.25. The minimum absolute atomic E-state index is 0.0106. The van der Waals surface area contributed by atoms with Gasteiger partial charge in [-0.15, -0.1) is 0 Å². The van der Waals surface area contributed by atoms with Crippen molar-refractivity contribution in [3.8, 4) is 22.8 Å². The molecule has 2 heterocycles. The van der Waals surface area contributed by atoms with Gasteiger partial charge in [0.05, 0.1) is 23.2 Å². The molecule has 7 nitrogen and oxygen atoms in total. The summed E-state index contributed by atoms with van der Waals surface area (Å²) in [7, 11) is -3.43. The van der Waals surface area contributed by atoms with Gasteiger partial charge in [-0.3, -0.25) is 4.79 Å². The van der Waals surface area contributed by atoms with Gasteiger partial charge in [0, 0.05) is 23.0 Å². The van der Waals surface area contributed by atoms with Crippen LogP contribution in [0.4, 0.5) is 0 Å². The number of benzene rings is 2. The third kappa shape index (κ3) is 4.95. The highest BCUT2D eigenvalue weighted by atomic mass is 79.9. The van der Waals surface area contributed by atoms with E-state index < -0.39 is 15.4 Å². The molecular weight excluding hydrogens is 494 g/mol. The number of hydrogen-bond acceptors (Lipinski definition) is 6. The molecule has 0 aliphatic heterocycles. The number of hydrogen-bond donors (Lipinski definition) is 0. The fourth-order valence-electron chi connectivity index (χ4n) is 3.07. The Balaban J connectivity index is 1.84. The lowest BCUT2D eigenvalue weighted by atomic mass is 10.1. The first-order valence-corrected chi connectivity index (χ1v) is 12.2. The van der Waals surface area contributed by atoms with Crippen molar-refractivity contribution in [3.05, 3.63) is 99.5 Å². The molecule has 4 rings (SSSR count). The molecule has 162 valence electrons. The van der Waals surface area contributed by atoms with E-state index in [0.717, 1.165) is 16.3 Å². The Hall–Kier alpha value is -3.30. The van der Waals surface area contributed by atoms with Crippen molar-refractivity contribution in [2.45, 2.75) is 11.4 Å². The standard InChI is InChI=1S/C23H18BrN3O4S/c1-32(29,30)19-9-5-8-17(12-19)20-14-26-27(15-16-6-3-2-4-7-16)23(28)22(20)31-21-11-10-18(24)13-25-21/h2-14H,15H2,1H3. The van der Waals surface area contributed by atoms with Crippen LogP contribution >= 0.6 is 15.9 Å². The van der Waals surface area contributed by atoms with E-state index in [1.807, 2.05) is 30.3 Å². The minimum atomic E-state index is -3.43. The second-order valence-electron chi connectivity index (χ2n) is 7.05. The van der Waals surface area contributed by atoms with Gasteiger partial charge < -0.3 is 4.74 Å². The largest absolute Gasteiger partial charge is 0.432 e. The summed E-state index contributed by atoms with van der Waals surface area (Å²) >= 11 is 3.32. The highest BCUT2D eigenvalue weighted by Gasteiger charge is 2.18. The van der Waals surface area contributed by atoms with Crippen LogP contribution in [0.5, 0.6) is 11.6 Å². The average Bonchev–Trinajstić information content (AvgIpc) is 2.78. The summed E-state index contributed by atoms with van der Waals surface area (Å²) in [6.45, 7) is 0.257. The first kappa shape index (κ1) is 21.9. The number of pyridine rings is 1. The molecule has 0 N–H and O–H groups in total. The Bertz CT molecular complexity index is 1420. The van der Waals surface area contributed by atoms with Crippen LogP contribution in [0.1, 0.15) is 5.56 Å². The molecule has 0 aliphatic carbocycles. The molecule has 32 heavy (non-hydrogen) atoms. The van der Waals surface area contributed by atoms with E-state index in [0.29, 0.717) is 11.1 Å². The second-order valence-corrected chi connectivity index (χ2v) is 9.98. The molecule has 0 atom stereocenters. The first-order valence-electron chi connectivity index (χ1n) is 9.55. The zero-order chi connectivity index (χ0) is 22.7. The molecule has 0 bridgehead atoms. The zero-order valence-electron chi connectivity index (χ0n) is 17.0. The predicted octanol–water partition coefficient (Wildman–Crippen LogP) is 4.31. The van der Waals surface area contributed by atoms with Crippen molar-refractivity contribution < 1.29 is 13.2 Å². The summed E-state index contributed by atoms with van der Waals surface area (Å²) in [6.07, 6.45) is 4.19. The molecule has 2 aromatic carbocycles.